The molecule has 1 aromatic heterocycles. The summed E-state index contributed by atoms with van der Waals surface area (Å²) in [6.07, 6.45) is -3.67. The van der Waals surface area contributed by atoms with Crippen molar-refractivity contribution in [2.45, 2.75) is 44.9 Å². The molecule has 0 spiro atoms. The molecule has 49 heavy (non-hydrogen) atoms. The van der Waals surface area contributed by atoms with Crippen molar-refractivity contribution >= 4 is 28.9 Å². The summed E-state index contributed by atoms with van der Waals surface area (Å²) in [7, 11) is 0. The lowest BCUT2D eigenvalue weighted by Crippen LogP contribution is -2.53. The lowest BCUT2D eigenvalue weighted by molar-refractivity contribution is -0.137. The number of halogens is 3. The number of anilines is 3. The maximum Gasteiger partial charge on any atom is 0.416 e. The quantitative estimate of drug-likeness (QED) is 0.266. The van der Waals surface area contributed by atoms with Gasteiger partial charge in [0.2, 0.25) is 0 Å². The lowest BCUT2D eigenvalue weighted by atomic mass is 9.83. The highest BCUT2D eigenvalue weighted by Crippen LogP contribution is 2.40. The molecule has 3 aromatic carbocycles. The number of aromatic nitrogens is 1. The molecule has 254 valence electrons. The van der Waals surface area contributed by atoms with Crippen molar-refractivity contribution in [2.75, 3.05) is 47.8 Å². The van der Waals surface area contributed by atoms with Gasteiger partial charge in [-0.15, -0.1) is 0 Å². The number of piperidine rings is 1. The topological polar surface area (TPSA) is 77.9 Å². The number of aryl methyl sites for hydroxylation is 1. The first-order valence-electron chi connectivity index (χ1n) is 16.6. The minimum Gasteiger partial charge on any atom is -0.369 e. The van der Waals surface area contributed by atoms with Crippen LogP contribution in [-0.4, -0.2) is 60.0 Å². The van der Waals surface area contributed by atoms with Crippen LogP contribution in [0.3, 0.4) is 0 Å². The van der Waals surface area contributed by atoms with E-state index in [-0.39, 0.29) is 34.9 Å². The largest absolute Gasteiger partial charge is 0.416 e. The summed E-state index contributed by atoms with van der Waals surface area (Å²) in [6.45, 7) is 7.61. The van der Waals surface area contributed by atoms with E-state index in [0.717, 1.165) is 29.9 Å². The zero-order chi connectivity index (χ0) is 34.4. The average Bonchev–Trinajstić information content (AvgIpc) is 3.08. The van der Waals surface area contributed by atoms with Gasteiger partial charge in [-0.1, -0.05) is 24.3 Å². The Hall–Kier alpha value is -5.06. The number of alkyl halides is 3. The van der Waals surface area contributed by atoms with E-state index >= 15 is 0 Å². The van der Waals surface area contributed by atoms with E-state index in [1.54, 1.807) is 24.3 Å². The molecular weight excluding hydrogens is 631 g/mol. The van der Waals surface area contributed by atoms with Gasteiger partial charge >= 0.3 is 6.18 Å². The summed E-state index contributed by atoms with van der Waals surface area (Å²) in [6, 6.07) is 23.2. The molecule has 3 aliphatic rings. The molecule has 2 fully saturated rings. The maximum atomic E-state index is 13.9. The maximum absolute atomic E-state index is 13.9. The van der Waals surface area contributed by atoms with Gasteiger partial charge in [0.1, 0.15) is 0 Å². The molecule has 3 atom stereocenters. The monoisotopic (exact) mass is 669 g/mol. The fraction of sp³-hybridized carbons (Fsp3) is 0.342. The van der Waals surface area contributed by atoms with E-state index in [1.165, 1.54) is 17.7 Å². The summed E-state index contributed by atoms with van der Waals surface area (Å²) in [5, 5.41) is 2.86. The Bertz CT molecular complexity index is 1970. The molecule has 3 aliphatic heterocycles. The van der Waals surface area contributed by atoms with E-state index in [2.05, 4.69) is 47.2 Å². The molecule has 2 saturated heterocycles. The molecule has 1 N–H and O–H groups in total. The third-order valence-electron chi connectivity index (χ3n) is 10.0. The molecule has 8 nitrogen and oxygen atoms in total. The summed E-state index contributed by atoms with van der Waals surface area (Å²) < 4.78 is 42.3. The molecule has 0 saturated carbocycles. The molecular formula is C38H38F3N5O3. The first-order chi connectivity index (χ1) is 23.4. The molecule has 11 heteroatoms. The van der Waals surface area contributed by atoms with Crippen molar-refractivity contribution in [1.29, 1.82) is 0 Å². The standard InChI is InChI=1S/C38H38F3N5O3/c1-24-6-3-9-31(16-24)45-15-14-43(20-25(45)2)37(49)28-12-13-34(32(19-28)42-36(48)27-7-4-8-30(18-27)38(39,40)41)44-21-26-17-29(23-44)33-10-5-11-35(47)46(33)22-26/h3-13,16,18-19,25-26,29H,14-15,17,20-23H2,1-2H3,(H,42,48). The summed E-state index contributed by atoms with van der Waals surface area (Å²) in [5.74, 6) is -0.612. The van der Waals surface area contributed by atoms with E-state index in [0.29, 0.717) is 56.2 Å². The van der Waals surface area contributed by atoms with Gasteiger partial charge in [-0.2, -0.15) is 13.2 Å². The van der Waals surface area contributed by atoms with Crippen molar-refractivity contribution in [2.24, 2.45) is 5.92 Å². The van der Waals surface area contributed by atoms with Crippen LogP contribution in [-0.2, 0) is 12.7 Å². The Morgan fingerprint density at radius 3 is 2.41 bits per heavy atom. The second-order valence-electron chi connectivity index (χ2n) is 13.5. The van der Waals surface area contributed by atoms with E-state index in [9.17, 15) is 27.6 Å². The van der Waals surface area contributed by atoms with Gasteiger partial charge in [-0.25, -0.2) is 0 Å². The van der Waals surface area contributed by atoms with E-state index < -0.39 is 17.6 Å². The van der Waals surface area contributed by atoms with Crippen molar-refractivity contribution in [3.05, 3.63) is 123 Å². The Balaban J connectivity index is 1.18. The highest BCUT2D eigenvalue weighted by atomic mass is 19.4. The fourth-order valence-corrected chi connectivity index (χ4v) is 7.68. The van der Waals surface area contributed by atoms with Crippen LogP contribution < -0.4 is 20.7 Å². The van der Waals surface area contributed by atoms with Crippen LogP contribution >= 0.6 is 0 Å². The second kappa shape index (κ2) is 12.8. The van der Waals surface area contributed by atoms with Crippen molar-refractivity contribution in [3.63, 3.8) is 0 Å². The molecule has 3 unspecified atom stereocenters. The van der Waals surface area contributed by atoms with Gasteiger partial charge in [-0.3, -0.25) is 14.4 Å². The van der Waals surface area contributed by atoms with Crippen molar-refractivity contribution in [3.8, 4) is 0 Å². The van der Waals surface area contributed by atoms with E-state index in [4.69, 9.17) is 0 Å². The summed E-state index contributed by atoms with van der Waals surface area (Å²) in [4.78, 5) is 46.3. The van der Waals surface area contributed by atoms with Crippen LogP contribution in [0.2, 0.25) is 0 Å². The zero-order valence-corrected chi connectivity index (χ0v) is 27.4. The Morgan fingerprint density at radius 2 is 1.63 bits per heavy atom. The number of carbonyl (C=O) groups excluding carboxylic acids is 2. The molecule has 0 radical (unpaired) electrons. The number of piperazine rings is 1. The number of hydrogen-bond donors (Lipinski definition) is 1. The predicted octanol–water partition coefficient (Wildman–Crippen LogP) is 6.40. The molecule has 0 aliphatic carbocycles. The van der Waals surface area contributed by atoms with E-state index in [1.807, 2.05) is 27.7 Å². The first kappa shape index (κ1) is 32.5. The van der Waals surface area contributed by atoms with Crippen LogP contribution in [0.1, 0.15) is 56.8 Å². The molecule has 2 amide bonds. The highest BCUT2D eigenvalue weighted by molar-refractivity contribution is 6.07. The van der Waals surface area contributed by atoms with Crippen LogP contribution in [0.15, 0.2) is 89.7 Å². The van der Waals surface area contributed by atoms with Gasteiger partial charge < -0.3 is 24.6 Å². The van der Waals surface area contributed by atoms with Gasteiger partial charge in [0, 0.05) is 79.8 Å². The van der Waals surface area contributed by atoms with Gasteiger partial charge in [0.05, 0.1) is 16.9 Å². The zero-order valence-electron chi connectivity index (χ0n) is 27.4. The average molecular weight is 670 g/mol. The number of pyridine rings is 1. The van der Waals surface area contributed by atoms with Crippen molar-refractivity contribution < 1.29 is 22.8 Å². The number of benzene rings is 3. The van der Waals surface area contributed by atoms with Crippen LogP contribution in [0.5, 0.6) is 0 Å². The number of nitrogens with one attached hydrogen (secondary N) is 1. The summed E-state index contributed by atoms with van der Waals surface area (Å²) >= 11 is 0. The Kier molecular flexibility index (Phi) is 8.46. The number of fused-ring (bicyclic) bond motifs is 4. The minimum absolute atomic E-state index is 0.0217. The molecule has 4 aromatic rings. The highest BCUT2D eigenvalue weighted by Gasteiger charge is 2.36. The predicted molar refractivity (Wildman–Crippen MR) is 183 cm³/mol. The van der Waals surface area contributed by atoms with Gasteiger partial charge in [0.25, 0.3) is 17.4 Å². The smallest absolute Gasteiger partial charge is 0.369 e. The number of amides is 2. The van der Waals surface area contributed by atoms with Gasteiger partial charge in [-0.05, 0) is 86.3 Å². The third kappa shape index (κ3) is 6.54. The van der Waals surface area contributed by atoms with Crippen molar-refractivity contribution in [1.82, 2.24) is 9.47 Å². The number of nitrogens with zero attached hydrogens (tertiary/aromatic N) is 4. The SMILES string of the molecule is Cc1cccc(N2CCN(C(=O)c3ccc(N4CC5CC(C4)c4cccc(=O)n4C5)c(NC(=O)c4cccc(C(F)(F)F)c4)c3)CC2C)c1. The molecule has 2 bridgehead atoms. The second-order valence-corrected chi connectivity index (χ2v) is 13.5. The van der Waals surface area contributed by atoms with Crippen LogP contribution in [0.4, 0.5) is 30.2 Å². The number of hydrogen-bond acceptors (Lipinski definition) is 5. The first-order valence-corrected chi connectivity index (χ1v) is 16.6. The van der Waals surface area contributed by atoms with Crippen LogP contribution in [0.25, 0.3) is 0 Å². The minimum atomic E-state index is -4.60. The Labute approximate surface area is 282 Å². The lowest BCUT2D eigenvalue weighted by Gasteiger charge is -2.44. The summed E-state index contributed by atoms with van der Waals surface area (Å²) in [5.41, 5.74) is 3.58. The van der Waals surface area contributed by atoms with Crippen LogP contribution in [0, 0.1) is 12.8 Å². The van der Waals surface area contributed by atoms with Gasteiger partial charge in [0.15, 0.2) is 0 Å². The Morgan fingerprint density at radius 1 is 0.837 bits per heavy atom. The third-order valence-corrected chi connectivity index (χ3v) is 10.0. The molecule has 7 rings (SSSR count). The molecule has 4 heterocycles. The fourth-order valence-electron chi connectivity index (χ4n) is 7.68. The number of carbonyl (C=O) groups is 2. The number of rotatable bonds is 5. The normalized spacial score (nSPS) is 20.5.